The smallest absolute Gasteiger partial charge is 0.0842 e. The first-order chi connectivity index (χ1) is 3.35. The van der Waals surface area contributed by atoms with E-state index in [0.29, 0.717) is 5.70 Å². The van der Waals surface area contributed by atoms with Gasteiger partial charge in [0.1, 0.15) is 0 Å². The lowest BCUT2D eigenvalue weighted by molar-refractivity contribution is 0.323. The van der Waals surface area contributed by atoms with Crippen molar-refractivity contribution in [3.63, 3.8) is 0 Å². The fourth-order valence-electron chi connectivity index (χ4n) is 0.215. The van der Waals surface area contributed by atoms with E-state index in [1.165, 1.54) is 6.20 Å². The quantitative estimate of drug-likeness (QED) is 0.419. The summed E-state index contributed by atoms with van der Waals surface area (Å²) in [6, 6.07) is 0. The van der Waals surface area contributed by atoms with E-state index in [1.807, 2.05) is 0 Å². The molecule has 4 N–H and O–H groups in total. The van der Waals surface area contributed by atoms with E-state index in [0.717, 1.165) is 0 Å². The van der Waals surface area contributed by atoms with Crippen LogP contribution in [0.1, 0.15) is 0 Å². The maximum Gasteiger partial charge on any atom is 0.0842 e. The largest absolute Gasteiger partial charge is 0.403 e. The second-order valence-corrected chi connectivity index (χ2v) is 1.10. The van der Waals surface area contributed by atoms with Crippen LogP contribution >= 0.6 is 0 Å². The molecule has 7 heavy (non-hydrogen) atoms. The summed E-state index contributed by atoms with van der Waals surface area (Å²) in [5.74, 6) is 0. The van der Waals surface area contributed by atoms with Crippen LogP contribution in [-0.4, -0.2) is 18.8 Å². The summed E-state index contributed by atoms with van der Waals surface area (Å²) in [4.78, 5) is 0. The van der Waals surface area contributed by atoms with Crippen molar-refractivity contribution in [1.82, 2.24) is 5.32 Å². The average molecular weight is 102 g/mol. The second kappa shape index (κ2) is 3.49. The van der Waals surface area contributed by atoms with Gasteiger partial charge in [-0.1, -0.05) is 0 Å². The van der Waals surface area contributed by atoms with Gasteiger partial charge in [-0.25, -0.2) is 0 Å². The average Bonchev–Trinajstić information content (AvgIpc) is 1.72. The number of hydrogen-bond acceptors (Lipinski definition) is 3. The van der Waals surface area contributed by atoms with E-state index >= 15 is 0 Å². The molecule has 3 nitrogen and oxygen atoms in total. The summed E-state index contributed by atoms with van der Waals surface area (Å²) in [7, 11) is 1.70. The van der Waals surface area contributed by atoms with Crippen LogP contribution in [0.3, 0.4) is 0 Å². The van der Waals surface area contributed by atoms with E-state index in [4.69, 9.17) is 10.8 Å². The maximum absolute atomic E-state index is 8.32. The monoisotopic (exact) mass is 102 g/mol. The molecule has 0 saturated carbocycles. The fourth-order valence-corrected chi connectivity index (χ4v) is 0.215. The predicted octanol–water partition coefficient (Wildman–Crippen LogP) is -1.00. The van der Waals surface area contributed by atoms with Crippen LogP contribution in [0.25, 0.3) is 0 Å². The summed E-state index contributed by atoms with van der Waals surface area (Å²) in [5.41, 5.74) is 5.65. The van der Waals surface area contributed by atoms with Crippen molar-refractivity contribution in [3.05, 3.63) is 11.9 Å². The number of nitrogens with two attached hydrogens (primary N) is 1. The molecule has 0 aromatic heterocycles. The fraction of sp³-hybridized carbons (Fsp3) is 0.500. The van der Waals surface area contributed by atoms with Gasteiger partial charge in [0.25, 0.3) is 0 Å². The molecule has 0 spiro atoms. The number of rotatable bonds is 2. The van der Waals surface area contributed by atoms with Gasteiger partial charge in [-0.3, -0.25) is 0 Å². The molecule has 0 bridgehead atoms. The normalized spacial score (nSPS) is 11.4. The van der Waals surface area contributed by atoms with Gasteiger partial charge in [-0.15, -0.1) is 0 Å². The van der Waals surface area contributed by atoms with Gasteiger partial charge in [-0.05, 0) is 0 Å². The lowest BCUT2D eigenvalue weighted by atomic mass is 10.5. The third-order valence-corrected chi connectivity index (χ3v) is 0.693. The van der Waals surface area contributed by atoms with Crippen LogP contribution in [0, 0.1) is 0 Å². The first-order valence-corrected chi connectivity index (χ1v) is 2.04. The Hall–Kier alpha value is -0.700. The molecular formula is C4H10N2O. The molecular weight excluding hydrogens is 92.1 g/mol. The molecule has 0 aliphatic heterocycles. The van der Waals surface area contributed by atoms with Crippen LogP contribution in [0.4, 0.5) is 0 Å². The molecule has 0 amide bonds. The molecule has 0 aromatic rings. The number of likely N-dealkylation sites (N-methyl/N-ethyl adjacent to an activating group) is 1. The van der Waals surface area contributed by atoms with Crippen LogP contribution < -0.4 is 11.1 Å². The number of aliphatic hydroxyl groups excluding tert-OH is 1. The van der Waals surface area contributed by atoms with Crippen molar-refractivity contribution in [1.29, 1.82) is 0 Å². The Kier molecular flexibility index (Phi) is 3.14. The van der Waals surface area contributed by atoms with Gasteiger partial charge in [0, 0.05) is 13.2 Å². The summed E-state index contributed by atoms with van der Waals surface area (Å²) in [6.07, 6.45) is 1.33. The van der Waals surface area contributed by atoms with Crippen molar-refractivity contribution in [2.45, 2.75) is 0 Å². The summed E-state index contributed by atoms with van der Waals surface area (Å²) in [6.45, 7) is -0.0208. The maximum atomic E-state index is 8.32. The summed E-state index contributed by atoms with van der Waals surface area (Å²) >= 11 is 0. The summed E-state index contributed by atoms with van der Waals surface area (Å²) < 4.78 is 0. The first-order valence-electron chi connectivity index (χ1n) is 2.04. The van der Waals surface area contributed by atoms with Crippen molar-refractivity contribution < 1.29 is 5.11 Å². The molecule has 0 aliphatic carbocycles. The molecule has 0 saturated heterocycles. The molecule has 0 unspecified atom stereocenters. The van der Waals surface area contributed by atoms with E-state index in [-0.39, 0.29) is 6.61 Å². The molecule has 42 valence electrons. The Balaban J connectivity index is 3.38. The molecule has 0 rings (SSSR count). The van der Waals surface area contributed by atoms with E-state index in [1.54, 1.807) is 7.05 Å². The Morgan fingerprint density at radius 2 is 2.57 bits per heavy atom. The standard InChI is InChI=1S/C4H10N2O/c1-6-4(2-5)3-7/h2,6-7H,3,5H2,1H3/b4-2-. The highest BCUT2D eigenvalue weighted by Gasteiger charge is 1.82. The van der Waals surface area contributed by atoms with Crippen LogP contribution in [-0.2, 0) is 0 Å². The van der Waals surface area contributed by atoms with Crippen molar-refractivity contribution >= 4 is 0 Å². The Morgan fingerprint density at radius 1 is 2.00 bits per heavy atom. The van der Waals surface area contributed by atoms with Crippen molar-refractivity contribution in [3.8, 4) is 0 Å². The summed E-state index contributed by atoms with van der Waals surface area (Å²) in [5, 5.41) is 11.0. The first kappa shape index (κ1) is 6.30. The zero-order chi connectivity index (χ0) is 5.70. The Morgan fingerprint density at radius 3 is 2.57 bits per heavy atom. The third-order valence-electron chi connectivity index (χ3n) is 0.693. The third kappa shape index (κ3) is 2.05. The zero-order valence-corrected chi connectivity index (χ0v) is 4.31. The molecule has 0 fully saturated rings. The van der Waals surface area contributed by atoms with Crippen LogP contribution in [0.2, 0.25) is 0 Å². The number of hydrogen-bond donors (Lipinski definition) is 3. The van der Waals surface area contributed by atoms with Crippen molar-refractivity contribution in [2.75, 3.05) is 13.7 Å². The van der Waals surface area contributed by atoms with E-state index < -0.39 is 0 Å². The molecule has 0 heterocycles. The number of aliphatic hydroxyl groups is 1. The molecule has 0 atom stereocenters. The topological polar surface area (TPSA) is 58.3 Å². The minimum absolute atomic E-state index is 0.0208. The highest BCUT2D eigenvalue weighted by molar-refractivity contribution is 4.94. The molecule has 3 heteroatoms. The van der Waals surface area contributed by atoms with Gasteiger partial charge in [-0.2, -0.15) is 0 Å². The van der Waals surface area contributed by atoms with Gasteiger partial charge >= 0.3 is 0 Å². The molecule has 0 aliphatic rings. The lowest BCUT2D eigenvalue weighted by Gasteiger charge is -1.96. The minimum Gasteiger partial charge on any atom is -0.403 e. The SMILES string of the molecule is CN/C(=C\N)CO. The van der Waals surface area contributed by atoms with Crippen LogP contribution in [0.5, 0.6) is 0 Å². The van der Waals surface area contributed by atoms with Gasteiger partial charge in [0.2, 0.25) is 0 Å². The second-order valence-electron chi connectivity index (χ2n) is 1.10. The Labute approximate surface area is 42.8 Å². The highest BCUT2D eigenvalue weighted by Crippen LogP contribution is 1.76. The minimum atomic E-state index is -0.0208. The molecule has 0 radical (unpaired) electrons. The molecule has 0 aromatic carbocycles. The zero-order valence-electron chi connectivity index (χ0n) is 4.31. The predicted molar refractivity (Wildman–Crippen MR) is 28.4 cm³/mol. The van der Waals surface area contributed by atoms with Gasteiger partial charge < -0.3 is 16.2 Å². The number of nitrogens with one attached hydrogen (secondary N) is 1. The van der Waals surface area contributed by atoms with Crippen molar-refractivity contribution in [2.24, 2.45) is 5.73 Å². The van der Waals surface area contributed by atoms with E-state index in [2.05, 4.69) is 5.32 Å². The Bertz CT molecular complexity index is 64.1. The van der Waals surface area contributed by atoms with Crippen LogP contribution in [0.15, 0.2) is 11.9 Å². The lowest BCUT2D eigenvalue weighted by Crippen LogP contribution is -2.11. The van der Waals surface area contributed by atoms with E-state index in [9.17, 15) is 0 Å². The highest BCUT2D eigenvalue weighted by atomic mass is 16.3. The van der Waals surface area contributed by atoms with Gasteiger partial charge in [0.05, 0.1) is 12.3 Å². The van der Waals surface area contributed by atoms with Gasteiger partial charge in [0.15, 0.2) is 0 Å².